The molecule has 0 atom stereocenters. The van der Waals surface area contributed by atoms with Gasteiger partial charge in [0.25, 0.3) is 0 Å². The largest absolute Gasteiger partial charge is 0.357 e. The Labute approximate surface area is 185 Å². The number of hydrogen-bond donors (Lipinski definition) is 2. The van der Waals surface area contributed by atoms with Crippen LogP contribution in [0.3, 0.4) is 0 Å². The molecule has 30 heavy (non-hydrogen) atoms. The molecular formula is C23H37N5OS. The number of nitrogens with one attached hydrogen (secondary N) is 2. The van der Waals surface area contributed by atoms with Gasteiger partial charge in [-0.25, -0.2) is 4.99 Å². The fraction of sp³-hybridized carbons (Fsp3) is 0.652. The van der Waals surface area contributed by atoms with Crippen LogP contribution < -0.4 is 10.6 Å². The zero-order valence-corrected chi connectivity index (χ0v) is 19.6. The lowest BCUT2D eigenvalue weighted by atomic mass is 9.87. The van der Waals surface area contributed by atoms with Crippen molar-refractivity contribution in [3.05, 3.63) is 29.8 Å². The van der Waals surface area contributed by atoms with E-state index in [1.165, 1.54) is 37.9 Å². The van der Waals surface area contributed by atoms with Crippen LogP contribution in [-0.4, -0.2) is 72.4 Å². The Morgan fingerprint density at radius 2 is 2.07 bits per heavy atom. The molecule has 1 heterocycles. The maximum atomic E-state index is 12.0. The lowest BCUT2D eigenvalue weighted by Crippen LogP contribution is -2.53. The minimum atomic E-state index is -0.00223. The highest BCUT2D eigenvalue weighted by Gasteiger charge is 2.38. The van der Waals surface area contributed by atoms with Crippen molar-refractivity contribution in [3.8, 4) is 0 Å². The molecule has 2 aliphatic rings. The Morgan fingerprint density at radius 1 is 1.27 bits per heavy atom. The number of anilines is 1. The van der Waals surface area contributed by atoms with Gasteiger partial charge in [-0.1, -0.05) is 31.4 Å². The first-order valence-electron chi connectivity index (χ1n) is 11.2. The predicted octanol–water partition coefficient (Wildman–Crippen LogP) is 3.40. The highest BCUT2D eigenvalue weighted by Crippen LogP contribution is 2.42. The van der Waals surface area contributed by atoms with Crippen LogP contribution in [0.4, 0.5) is 5.69 Å². The van der Waals surface area contributed by atoms with Crippen LogP contribution in [0.25, 0.3) is 0 Å². The van der Waals surface area contributed by atoms with Crippen LogP contribution in [0, 0.1) is 0 Å². The van der Waals surface area contributed by atoms with E-state index in [0.717, 1.165) is 36.8 Å². The zero-order chi connectivity index (χ0) is 21.4. The first-order chi connectivity index (χ1) is 14.5. The maximum absolute atomic E-state index is 12.0. The van der Waals surface area contributed by atoms with Crippen molar-refractivity contribution in [1.29, 1.82) is 0 Å². The molecule has 2 fully saturated rings. The number of aliphatic imine (C=N–C) groups is 1. The molecule has 166 valence electrons. The summed E-state index contributed by atoms with van der Waals surface area (Å²) in [6.07, 6.45) is 6.78. The smallest absolute Gasteiger partial charge is 0.238 e. The summed E-state index contributed by atoms with van der Waals surface area (Å²) >= 11 is 2.18. The normalized spacial score (nSPS) is 19.2. The molecule has 1 aromatic carbocycles. The van der Waals surface area contributed by atoms with E-state index in [1.807, 2.05) is 37.2 Å². The van der Waals surface area contributed by atoms with Gasteiger partial charge in [-0.15, -0.1) is 0 Å². The monoisotopic (exact) mass is 431 g/mol. The number of nitrogens with zero attached hydrogens (tertiary/aromatic N) is 3. The number of thioether (sulfide) groups is 1. The molecule has 0 bridgehead atoms. The van der Waals surface area contributed by atoms with Crippen LogP contribution in [0.5, 0.6) is 0 Å². The highest BCUT2D eigenvalue weighted by molar-refractivity contribution is 8.00. The average molecular weight is 432 g/mol. The van der Waals surface area contributed by atoms with E-state index in [2.05, 4.69) is 40.3 Å². The topological polar surface area (TPSA) is 60.0 Å². The van der Waals surface area contributed by atoms with Crippen molar-refractivity contribution in [3.63, 3.8) is 0 Å². The fourth-order valence-electron chi connectivity index (χ4n) is 4.35. The van der Waals surface area contributed by atoms with Gasteiger partial charge in [0, 0.05) is 35.8 Å². The van der Waals surface area contributed by atoms with E-state index in [0.29, 0.717) is 17.8 Å². The van der Waals surface area contributed by atoms with Gasteiger partial charge in [-0.2, -0.15) is 11.8 Å². The number of amides is 1. The van der Waals surface area contributed by atoms with Crippen molar-refractivity contribution >= 4 is 29.3 Å². The second kappa shape index (κ2) is 11.0. The lowest BCUT2D eigenvalue weighted by Gasteiger charge is -2.45. The lowest BCUT2D eigenvalue weighted by molar-refractivity contribution is -0.116. The molecule has 0 aromatic heterocycles. The van der Waals surface area contributed by atoms with Gasteiger partial charge >= 0.3 is 0 Å². The van der Waals surface area contributed by atoms with E-state index in [9.17, 15) is 4.79 Å². The third-order valence-electron chi connectivity index (χ3n) is 5.73. The molecular weight excluding hydrogens is 394 g/mol. The number of guanidine groups is 1. The number of hydrogen-bond acceptors (Lipinski definition) is 4. The van der Waals surface area contributed by atoms with Crippen LogP contribution in [0.1, 0.15) is 44.6 Å². The molecule has 7 heteroatoms. The number of rotatable bonds is 6. The fourth-order valence-corrected chi connectivity index (χ4v) is 5.92. The SMILES string of the molecule is CCNC(=NCc1cccc(NC(=O)CN(C)C)c1)N1CCSC2(CCCCC2)C1. The van der Waals surface area contributed by atoms with Crippen LogP contribution >= 0.6 is 11.8 Å². The van der Waals surface area contributed by atoms with E-state index in [-0.39, 0.29) is 5.91 Å². The number of carbonyl (C=O) groups is 1. The molecule has 1 aromatic rings. The van der Waals surface area contributed by atoms with E-state index >= 15 is 0 Å². The summed E-state index contributed by atoms with van der Waals surface area (Å²) in [5.74, 6) is 2.19. The summed E-state index contributed by atoms with van der Waals surface area (Å²) in [6.45, 7) is 6.14. The summed E-state index contributed by atoms with van der Waals surface area (Å²) in [6, 6.07) is 8.01. The van der Waals surface area contributed by atoms with Crippen LogP contribution in [0.2, 0.25) is 0 Å². The predicted molar refractivity (Wildman–Crippen MR) is 128 cm³/mol. The number of carbonyl (C=O) groups excluding carboxylic acids is 1. The van der Waals surface area contributed by atoms with Crippen molar-refractivity contribution < 1.29 is 4.79 Å². The molecule has 1 saturated heterocycles. The summed E-state index contributed by atoms with van der Waals surface area (Å²) in [7, 11) is 3.78. The van der Waals surface area contributed by atoms with Gasteiger partial charge in [0.15, 0.2) is 5.96 Å². The molecule has 6 nitrogen and oxygen atoms in total. The standard InChI is InChI=1S/C23H37N5OS/c1-4-24-22(28-13-14-30-23(18-28)11-6-5-7-12-23)25-16-19-9-8-10-20(15-19)26-21(29)17-27(2)3/h8-10,15H,4-7,11-14,16-18H2,1-3H3,(H,24,25)(H,26,29). The molecule has 1 spiro atoms. The molecule has 1 aliphatic heterocycles. The number of likely N-dealkylation sites (N-methyl/N-ethyl adjacent to an activating group) is 1. The minimum absolute atomic E-state index is 0.00223. The molecule has 1 saturated carbocycles. The Kier molecular flexibility index (Phi) is 8.45. The van der Waals surface area contributed by atoms with E-state index in [4.69, 9.17) is 4.99 Å². The Balaban J connectivity index is 1.66. The van der Waals surface area contributed by atoms with Gasteiger partial charge in [0.2, 0.25) is 5.91 Å². The average Bonchev–Trinajstić information content (AvgIpc) is 2.71. The summed E-state index contributed by atoms with van der Waals surface area (Å²) < 4.78 is 0.420. The van der Waals surface area contributed by atoms with Gasteiger partial charge < -0.3 is 20.4 Å². The summed E-state index contributed by atoms with van der Waals surface area (Å²) in [4.78, 5) is 21.3. The van der Waals surface area contributed by atoms with Gasteiger partial charge in [0.1, 0.15) is 0 Å². The molecule has 2 N–H and O–H groups in total. The second-order valence-corrected chi connectivity index (χ2v) is 10.2. The highest BCUT2D eigenvalue weighted by atomic mass is 32.2. The maximum Gasteiger partial charge on any atom is 0.238 e. The summed E-state index contributed by atoms with van der Waals surface area (Å²) in [5.41, 5.74) is 1.93. The van der Waals surface area contributed by atoms with Crippen molar-refractivity contribution in [2.45, 2.75) is 50.3 Å². The Morgan fingerprint density at radius 3 is 2.80 bits per heavy atom. The molecule has 1 amide bonds. The first kappa shape index (κ1) is 22.9. The van der Waals surface area contributed by atoms with Gasteiger partial charge in [-0.3, -0.25) is 4.79 Å². The molecule has 1 aliphatic carbocycles. The number of benzene rings is 1. The third kappa shape index (κ3) is 6.64. The molecule has 0 radical (unpaired) electrons. The zero-order valence-electron chi connectivity index (χ0n) is 18.7. The molecule has 0 unspecified atom stereocenters. The summed E-state index contributed by atoms with van der Waals surface area (Å²) in [5, 5.41) is 6.48. The van der Waals surface area contributed by atoms with Gasteiger partial charge in [-0.05, 0) is 51.6 Å². The third-order valence-corrected chi connectivity index (χ3v) is 7.27. The van der Waals surface area contributed by atoms with Gasteiger partial charge in [0.05, 0.1) is 13.1 Å². The van der Waals surface area contributed by atoms with Crippen LogP contribution in [-0.2, 0) is 11.3 Å². The van der Waals surface area contributed by atoms with Crippen molar-refractivity contribution in [1.82, 2.24) is 15.1 Å². The quantitative estimate of drug-likeness (QED) is 0.534. The van der Waals surface area contributed by atoms with E-state index < -0.39 is 0 Å². The van der Waals surface area contributed by atoms with Crippen molar-refractivity contribution in [2.24, 2.45) is 4.99 Å². The van der Waals surface area contributed by atoms with E-state index in [1.54, 1.807) is 0 Å². The minimum Gasteiger partial charge on any atom is -0.357 e. The Hall–Kier alpha value is -1.73. The Bertz CT molecular complexity index is 725. The molecule has 3 rings (SSSR count). The first-order valence-corrected chi connectivity index (χ1v) is 12.2. The second-order valence-electron chi connectivity index (χ2n) is 8.67. The van der Waals surface area contributed by atoms with Crippen LogP contribution in [0.15, 0.2) is 29.3 Å². The van der Waals surface area contributed by atoms with Crippen molar-refractivity contribution in [2.75, 3.05) is 51.3 Å².